The molecule has 7 aromatic carbocycles. The van der Waals surface area contributed by atoms with Gasteiger partial charge in [0, 0.05) is 37.4 Å². The van der Waals surface area contributed by atoms with Crippen LogP contribution in [0.3, 0.4) is 0 Å². The molecule has 0 aliphatic heterocycles. The topological polar surface area (TPSA) is 9.86 Å². The van der Waals surface area contributed by atoms with E-state index in [1.807, 2.05) is 0 Å². The Labute approximate surface area is 283 Å². The lowest BCUT2D eigenvalue weighted by molar-refractivity contribution is 1.18. The van der Waals surface area contributed by atoms with Gasteiger partial charge >= 0.3 is 0 Å². The summed E-state index contributed by atoms with van der Waals surface area (Å²) in [5.41, 5.74) is 14.5. The van der Waals surface area contributed by atoms with Crippen LogP contribution in [-0.4, -0.2) is 24.8 Å². The van der Waals surface area contributed by atoms with Crippen LogP contribution in [0, 0.1) is 0 Å². The second kappa shape index (κ2) is 10.9. The molecule has 0 aliphatic rings. The van der Waals surface area contributed by atoms with E-state index in [2.05, 4.69) is 192 Å². The van der Waals surface area contributed by atoms with Gasteiger partial charge in [0.25, 0.3) is 0 Å². The van der Waals surface area contributed by atoms with Gasteiger partial charge in [0.1, 0.15) is 15.7 Å². The van der Waals surface area contributed by atoms with Crippen molar-refractivity contribution in [1.82, 2.24) is 9.13 Å². The van der Waals surface area contributed by atoms with Crippen molar-refractivity contribution < 1.29 is 0 Å². The Morgan fingerprint density at radius 3 is 1.17 bits per heavy atom. The van der Waals surface area contributed by atoms with Gasteiger partial charge in [-0.1, -0.05) is 99.7 Å². The Morgan fingerprint density at radius 2 is 0.745 bits per heavy atom. The molecule has 2 heterocycles. The number of halogens is 1. The van der Waals surface area contributed by atoms with Crippen molar-refractivity contribution in [3.05, 3.63) is 156 Å². The van der Waals surface area contributed by atoms with E-state index in [0.717, 1.165) is 4.47 Å². The van der Waals surface area contributed by atoms with Gasteiger partial charge in [0.05, 0.1) is 22.1 Å². The molecule has 9 aromatic rings. The molecule has 0 N–H and O–H groups in total. The van der Waals surface area contributed by atoms with Crippen LogP contribution in [0.4, 0.5) is 0 Å². The van der Waals surface area contributed by atoms with E-state index in [4.69, 9.17) is 0 Å². The lowest BCUT2D eigenvalue weighted by Crippen LogP contribution is -2.00. The minimum atomic E-state index is 1.07. The second-order valence-electron chi connectivity index (χ2n) is 12.6. The highest BCUT2D eigenvalue weighted by Gasteiger charge is 2.16. The van der Waals surface area contributed by atoms with Crippen LogP contribution in [0.1, 0.15) is 0 Å². The van der Waals surface area contributed by atoms with Crippen molar-refractivity contribution in [2.75, 3.05) is 0 Å². The largest absolute Gasteiger partial charge is 0.309 e. The quantitative estimate of drug-likeness (QED) is 0.167. The van der Waals surface area contributed by atoms with E-state index in [0.29, 0.717) is 0 Å². The highest BCUT2D eigenvalue weighted by atomic mass is 79.9. The van der Waals surface area contributed by atoms with Crippen LogP contribution >= 0.6 is 15.9 Å². The van der Waals surface area contributed by atoms with Crippen LogP contribution in [0.15, 0.2) is 156 Å². The Kier molecular flexibility index (Phi) is 6.51. The normalized spacial score (nSPS) is 11.7. The van der Waals surface area contributed by atoms with Crippen molar-refractivity contribution in [2.45, 2.75) is 0 Å². The van der Waals surface area contributed by atoms with Gasteiger partial charge in [0.2, 0.25) is 0 Å². The molecule has 5 heteroatoms. The van der Waals surface area contributed by atoms with E-state index >= 15 is 0 Å². The van der Waals surface area contributed by atoms with Gasteiger partial charge < -0.3 is 9.13 Å². The van der Waals surface area contributed by atoms with Crippen LogP contribution in [-0.2, 0) is 0 Å². The molecule has 0 saturated carbocycles. The van der Waals surface area contributed by atoms with Crippen LogP contribution < -0.4 is 10.9 Å². The van der Waals surface area contributed by atoms with Crippen LogP contribution in [0.5, 0.6) is 0 Å². The van der Waals surface area contributed by atoms with Crippen molar-refractivity contribution in [3.8, 4) is 33.6 Å². The number of hydrogen-bond acceptors (Lipinski definition) is 0. The third-order valence-corrected chi connectivity index (χ3v) is 9.89. The molecular weight excluding hydrogens is 634 g/mol. The summed E-state index contributed by atoms with van der Waals surface area (Å²) in [5, 5.41) is 5.07. The minimum Gasteiger partial charge on any atom is -0.309 e. The maximum atomic E-state index is 3.87. The first-order valence-electron chi connectivity index (χ1n) is 16.0. The number of nitrogens with zero attached hydrogens (tertiary/aromatic N) is 2. The summed E-state index contributed by atoms with van der Waals surface area (Å²) in [4.78, 5) is 0. The minimum absolute atomic E-state index is 1.07. The number of rotatable bonds is 4. The second-order valence-corrected chi connectivity index (χ2v) is 13.5. The van der Waals surface area contributed by atoms with Gasteiger partial charge in [-0.25, -0.2) is 0 Å². The van der Waals surface area contributed by atoms with Gasteiger partial charge in [0.15, 0.2) is 0 Å². The molecule has 0 unspecified atom stereocenters. The molecule has 220 valence electrons. The van der Waals surface area contributed by atoms with Gasteiger partial charge in [-0.3, -0.25) is 0 Å². The molecular formula is C42H29B2BrN2. The molecule has 0 atom stereocenters. The molecule has 0 fully saturated rings. The first-order valence-corrected chi connectivity index (χ1v) is 16.8. The van der Waals surface area contributed by atoms with Crippen molar-refractivity contribution in [2.24, 2.45) is 0 Å². The van der Waals surface area contributed by atoms with Gasteiger partial charge in [-0.05, 0) is 101 Å². The summed E-state index contributed by atoms with van der Waals surface area (Å²) in [5.74, 6) is 0. The zero-order chi connectivity index (χ0) is 31.6. The summed E-state index contributed by atoms with van der Waals surface area (Å²) in [6.45, 7) is 0. The lowest BCUT2D eigenvalue weighted by atomic mass is 9.93. The Morgan fingerprint density at radius 1 is 0.362 bits per heavy atom. The van der Waals surface area contributed by atoms with E-state index in [9.17, 15) is 0 Å². The zero-order valence-electron chi connectivity index (χ0n) is 26.2. The molecule has 47 heavy (non-hydrogen) atoms. The first-order chi connectivity index (χ1) is 23.0. The van der Waals surface area contributed by atoms with Gasteiger partial charge in [-0.2, -0.15) is 0 Å². The third-order valence-electron chi connectivity index (χ3n) is 9.43. The van der Waals surface area contributed by atoms with Crippen molar-refractivity contribution >= 4 is 86.2 Å². The predicted octanol–water partition coefficient (Wildman–Crippen LogP) is 8.49. The van der Waals surface area contributed by atoms with E-state index < -0.39 is 0 Å². The van der Waals surface area contributed by atoms with E-state index in [1.54, 1.807) is 0 Å². The van der Waals surface area contributed by atoms with Crippen LogP contribution in [0.25, 0.3) is 77.2 Å². The number of fused-ring (bicyclic) bond motifs is 6. The lowest BCUT2D eigenvalue weighted by Gasteiger charge is -2.11. The SMILES string of the molecule is Bc1ccc2c(c1)c1cc(-c3cc(Br)cc(-c4ccc5c(c4)c4cc(B)ccc4n5-c4ccccc4)c3)ccc1n2-c1ccccc1. The number of benzene rings is 7. The predicted molar refractivity (Wildman–Crippen MR) is 210 cm³/mol. The van der Waals surface area contributed by atoms with Crippen molar-refractivity contribution in [3.63, 3.8) is 0 Å². The summed E-state index contributed by atoms with van der Waals surface area (Å²) in [6, 6.07) is 55.5. The molecule has 9 rings (SSSR count). The highest BCUT2D eigenvalue weighted by molar-refractivity contribution is 9.10. The van der Waals surface area contributed by atoms with Gasteiger partial charge in [-0.15, -0.1) is 0 Å². The molecule has 0 saturated heterocycles. The fraction of sp³-hybridized carbons (Fsp3) is 0. The summed E-state index contributed by atoms with van der Waals surface area (Å²) in [6.07, 6.45) is 0. The highest BCUT2D eigenvalue weighted by Crippen LogP contribution is 2.39. The average molecular weight is 663 g/mol. The first kappa shape index (κ1) is 28.0. The molecule has 0 spiro atoms. The van der Waals surface area contributed by atoms with Crippen molar-refractivity contribution in [1.29, 1.82) is 0 Å². The van der Waals surface area contributed by atoms with E-state index in [1.165, 1.54) is 88.2 Å². The number of hydrogen-bond donors (Lipinski definition) is 0. The monoisotopic (exact) mass is 662 g/mol. The number of aromatic nitrogens is 2. The van der Waals surface area contributed by atoms with E-state index in [-0.39, 0.29) is 0 Å². The fourth-order valence-electron chi connectivity index (χ4n) is 7.27. The molecule has 0 aliphatic carbocycles. The maximum absolute atomic E-state index is 3.87. The molecule has 0 amide bonds. The third kappa shape index (κ3) is 4.65. The Bertz CT molecular complexity index is 2470. The maximum Gasteiger partial charge on any atom is 0.139 e. The Balaban J connectivity index is 1.21. The summed E-state index contributed by atoms with van der Waals surface area (Å²) < 4.78 is 5.82. The summed E-state index contributed by atoms with van der Waals surface area (Å²) in [7, 11) is 4.34. The standard InChI is InChI=1S/C42H29B2BrN2/c43-30-13-17-41-37(24-30)35-22-26(11-15-39(35)46(41)33-7-3-1-4-8-33)28-19-29(21-32(45)20-28)27-12-16-40-36(23-27)38-25-31(44)14-18-42(38)47(40)34-9-5-2-6-10-34/h1-25H,43-44H2. The number of para-hydroxylation sites is 2. The fourth-order valence-corrected chi connectivity index (χ4v) is 7.76. The average Bonchev–Trinajstić information content (AvgIpc) is 3.60. The summed E-state index contributed by atoms with van der Waals surface area (Å²) >= 11 is 3.87. The molecule has 0 radical (unpaired) electrons. The molecule has 2 nitrogen and oxygen atoms in total. The smallest absolute Gasteiger partial charge is 0.139 e. The Hall–Kier alpha value is -5.25. The molecule has 0 bridgehead atoms. The zero-order valence-corrected chi connectivity index (χ0v) is 27.8. The molecule has 2 aromatic heterocycles. The van der Waals surface area contributed by atoms with Crippen LogP contribution in [0.2, 0.25) is 0 Å².